The molecule has 88 valence electrons. The zero-order chi connectivity index (χ0) is 12.3. The summed E-state index contributed by atoms with van der Waals surface area (Å²) in [5, 5.41) is 10.2. The third-order valence-corrected chi connectivity index (χ3v) is 2.59. The van der Waals surface area contributed by atoms with Gasteiger partial charge in [-0.25, -0.2) is 0 Å². The van der Waals surface area contributed by atoms with Crippen LogP contribution in [0.15, 0.2) is 42.7 Å². The molecule has 0 saturated carbocycles. The molecule has 0 saturated heterocycles. The fourth-order valence-electron chi connectivity index (χ4n) is 1.65. The van der Waals surface area contributed by atoms with Crippen molar-refractivity contribution in [3.05, 3.63) is 53.9 Å². The molecular formula is C13H14N2O2. The lowest BCUT2D eigenvalue weighted by atomic mass is 10.0. The highest BCUT2D eigenvalue weighted by Gasteiger charge is 2.13. The number of hydrogen-bond donors (Lipinski definition) is 2. The van der Waals surface area contributed by atoms with E-state index in [-0.39, 0.29) is 0 Å². The minimum absolute atomic E-state index is 0.501. The maximum absolute atomic E-state index is 10.2. The second kappa shape index (κ2) is 4.84. The van der Waals surface area contributed by atoms with Gasteiger partial charge in [-0.15, -0.1) is 0 Å². The normalized spacial score (nSPS) is 12.1. The topological polar surface area (TPSA) is 68.4 Å². The number of nitrogen functional groups attached to an aromatic ring is 1. The van der Waals surface area contributed by atoms with Crippen LogP contribution in [0.5, 0.6) is 5.75 Å². The van der Waals surface area contributed by atoms with Crippen molar-refractivity contribution in [2.24, 2.45) is 0 Å². The molecule has 0 aliphatic heterocycles. The second-order valence-corrected chi connectivity index (χ2v) is 3.68. The highest BCUT2D eigenvalue weighted by atomic mass is 16.5. The molecule has 1 unspecified atom stereocenters. The standard InChI is InChI=1S/C13H14N2O2/c1-17-10-4-5-11(12(14)7-10)13(16)9-3-2-6-15-8-9/h2-8,13,16H,14H2,1H3. The Hall–Kier alpha value is -2.07. The largest absolute Gasteiger partial charge is 0.497 e. The van der Waals surface area contributed by atoms with Gasteiger partial charge >= 0.3 is 0 Å². The molecule has 0 bridgehead atoms. The van der Waals surface area contributed by atoms with E-state index in [0.29, 0.717) is 22.6 Å². The third kappa shape index (κ3) is 2.37. The van der Waals surface area contributed by atoms with E-state index in [1.54, 1.807) is 49.8 Å². The molecule has 3 N–H and O–H groups in total. The summed E-state index contributed by atoms with van der Waals surface area (Å²) in [5.74, 6) is 0.671. The fraction of sp³-hybridized carbons (Fsp3) is 0.154. The van der Waals surface area contributed by atoms with Crippen molar-refractivity contribution < 1.29 is 9.84 Å². The summed E-state index contributed by atoms with van der Waals surface area (Å²) in [5.41, 5.74) is 7.74. The summed E-state index contributed by atoms with van der Waals surface area (Å²) in [6.07, 6.45) is 2.51. The molecule has 1 aromatic heterocycles. The molecule has 0 fully saturated rings. The second-order valence-electron chi connectivity index (χ2n) is 3.68. The van der Waals surface area contributed by atoms with Gasteiger partial charge in [-0.05, 0) is 12.1 Å². The molecule has 0 aliphatic carbocycles. The number of aromatic nitrogens is 1. The highest BCUT2D eigenvalue weighted by molar-refractivity contribution is 5.54. The lowest BCUT2D eigenvalue weighted by molar-refractivity contribution is 0.220. The summed E-state index contributed by atoms with van der Waals surface area (Å²) in [4.78, 5) is 3.97. The molecule has 4 nitrogen and oxygen atoms in total. The lowest BCUT2D eigenvalue weighted by Gasteiger charge is -2.14. The van der Waals surface area contributed by atoms with E-state index >= 15 is 0 Å². The first-order valence-corrected chi connectivity index (χ1v) is 5.24. The zero-order valence-electron chi connectivity index (χ0n) is 9.50. The van der Waals surface area contributed by atoms with E-state index in [1.165, 1.54) is 0 Å². The predicted octanol–water partition coefficient (Wildman–Crippen LogP) is 1.75. The van der Waals surface area contributed by atoms with E-state index in [1.807, 2.05) is 0 Å². The van der Waals surface area contributed by atoms with Gasteiger partial charge in [0.05, 0.1) is 7.11 Å². The number of nitrogens with zero attached hydrogens (tertiary/aromatic N) is 1. The average molecular weight is 230 g/mol. The first-order chi connectivity index (χ1) is 8.22. The molecular weight excluding hydrogens is 216 g/mol. The van der Waals surface area contributed by atoms with Crippen LogP contribution >= 0.6 is 0 Å². The van der Waals surface area contributed by atoms with Crippen LogP contribution in [0.25, 0.3) is 0 Å². The highest BCUT2D eigenvalue weighted by Crippen LogP contribution is 2.28. The molecule has 17 heavy (non-hydrogen) atoms. The van der Waals surface area contributed by atoms with Crippen molar-refractivity contribution in [2.45, 2.75) is 6.10 Å². The molecule has 0 radical (unpaired) electrons. The van der Waals surface area contributed by atoms with Crippen LogP contribution in [0.1, 0.15) is 17.2 Å². The van der Waals surface area contributed by atoms with Crippen LogP contribution < -0.4 is 10.5 Å². The molecule has 0 spiro atoms. The van der Waals surface area contributed by atoms with Crippen LogP contribution in [0.3, 0.4) is 0 Å². The number of pyridine rings is 1. The van der Waals surface area contributed by atoms with Gasteiger partial charge in [0.15, 0.2) is 0 Å². The monoisotopic (exact) mass is 230 g/mol. The number of aliphatic hydroxyl groups is 1. The third-order valence-electron chi connectivity index (χ3n) is 2.59. The van der Waals surface area contributed by atoms with E-state index in [2.05, 4.69) is 4.98 Å². The lowest BCUT2D eigenvalue weighted by Crippen LogP contribution is -2.04. The number of anilines is 1. The predicted molar refractivity (Wildman–Crippen MR) is 65.7 cm³/mol. The van der Waals surface area contributed by atoms with Crippen LogP contribution in [-0.4, -0.2) is 17.2 Å². The molecule has 2 aromatic rings. The number of benzene rings is 1. The van der Waals surface area contributed by atoms with Gasteiger partial charge in [-0.1, -0.05) is 12.1 Å². The van der Waals surface area contributed by atoms with Gasteiger partial charge in [0, 0.05) is 35.3 Å². The molecule has 1 heterocycles. The number of hydrogen-bond acceptors (Lipinski definition) is 4. The molecule has 1 atom stereocenters. The van der Waals surface area contributed by atoms with E-state index in [4.69, 9.17) is 10.5 Å². The summed E-state index contributed by atoms with van der Waals surface area (Å²) in [6.45, 7) is 0. The summed E-state index contributed by atoms with van der Waals surface area (Å²) in [6, 6.07) is 8.80. The van der Waals surface area contributed by atoms with Crippen molar-refractivity contribution in [3.63, 3.8) is 0 Å². The summed E-state index contributed by atoms with van der Waals surface area (Å²) < 4.78 is 5.06. The maximum Gasteiger partial charge on any atom is 0.120 e. The van der Waals surface area contributed by atoms with Crippen molar-refractivity contribution in [2.75, 3.05) is 12.8 Å². The zero-order valence-corrected chi connectivity index (χ0v) is 9.50. The van der Waals surface area contributed by atoms with Gasteiger partial charge in [-0.2, -0.15) is 0 Å². The van der Waals surface area contributed by atoms with Crippen LogP contribution in [0.4, 0.5) is 5.69 Å². The molecule has 0 amide bonds. The van der Waals surface area contributed by atoms with Crippen molar-refractivity contribution in [3.8, 4) is 5.75 Å². The quantitative estimate of drug-likeness (QED) is 0.788. The first-order valence-electron chi connectivity index (χ1n) is 5.24. The fourth-order valence-corrected chi connectivity index (χ4v) is 1.65. The SMILES string of the molecule is COc1ccc(C(O)c2cccnc2)c(N)c1. The molecule has 0 aliphatic rings. The summed E-state index contributed by atoms with van der Waals surface area (Å²) in [7, 11) is 1.58. The van der Waals surface area contributed by atoms with Crippen molar-refractivity contribution >= 4 is 5.69 Å². The van der Waals surface area contributed by atoms with Crippen LogP contribution in [0.2, 0.25) is 0 Å². The number of ether oxygens (including phenoxy) is 1. The van der Waals surface area contributed by atoms with Crippen molar-refractivity contribution in [1.82, 2.24) is 4.98 Å². The number of aliphatic hydroxyl groups excluding tert-OH is 1. The Morgan fingerprint density at radius 1 is 1.35 bits per heavy atom. The maximum atomic E-state index is 10.2. The van der Waals surface area contributed by atoms with Gasteiger partial charge in [-0.3, -0.25) is 4.98 Å². The Morgan fingerprint density at radius 3 is 2.76 bits per heavy atom. The van der Waals surface area contributed by atoms with E-state index in [0.717, 1.165) is 0 Å². The van der Waals surface area contributed by atoms with Gasteiger partial charge in [0.1, 0.15) is 11.9 Å². The van der Waals surface area contributed by atoms with Gasteiger partial charge in [0.25, 0.3) is 0 Å². The summed E-state index contributed by atoms with van der Waals surface area (Å²) >= 11 is 0. The molecule has 4 heteroatoms. The van der Waals surface area contributed by atoms with E-state index < -0.39 is 6.10 Å². The Morgan fingerprint density at radius 2 is 2.18 bits per heavy atom. The number of nitrogens with two attached hydrogens (primary N) is 1. The minimum atomic E-state index is -0.769. The minimum Gasteiger partial charge on any atom is -0.497 e. The number of rotatable bonds is 3. The Kier molecular flexibility index (Phi) is 3.25. The van der Waals surface area contributed by atoms with E-state index in [9.17, 15) is 5.11 Å². The average Bonchev–Trinajstić information content (AvgIpc) is 2.39. The van der Waals surface area contributed by atoms with Gasteiger partial charge < -0.3 is 15.6 Å². The van der Waals surface area contributed by atoms with Crippen molar-refractivity contribution in [1.29, 1.82) is 0 Å². The van der Waals surface area contributed by atoms with Crippen LogP contribution in [0, 0.1) is 0 Å². The Bertz CT molecular complexity index is 500. The number of methoxy groups -OCH3 is 1. The molecule has 2 rings (SSSR count). The molecule has 1 aromatic carbocycles. The first kappa shape index (κ1) is 11.4. The Balaban J connectivity index is 2.34. The smallest absolute Gasteiger partial charge is 0.120 e. The van der Waals surface area contributed by atoms with Crippen LogP contribution in [-0.2, 0) is 0 Å². The van der Waals surface area contributed by atoms with Gasteiger partial charge in [0.2, 0.25) is 0 Å². The Labute approximate surface area is 99.7 Å².